The van der Waals surface area contributed by atoms with Crippen LogP contribution in [0.4, 0.5) is 5.95 Å². The Balaban J connectivity index is 1.34. The predicted octanol–water partition coefficient (Wildman–Crippen LogP) is 1.55. The zero-order chi connectivity index (χ0) is 19.3. The fourth-order valence-electron chi connectivity index (χ4n) is 3.33. The number of carbonyl (C=O) groups is 1. The summed E-state index contributed by atoms with van der Waals surface area (Å²) >= 11 is 1.65. The van der Waals surface area contributed by atoms with Gasteiger partial charge in [0.1, 0.15) is 0 Å². The van der Waals surface area contributed by atoms with Gasteiger partial charge in [-0.3, -0.25) is 9.69 Å². The molecule has 8 nitrogen and oxygen atoms in total. The van der Waals surface area contributed by atoms with Gasteiger partial charge in [-0.05, 0) is 40.9 Å². The minimum atomic E-state index is -0.160. The fourth-order valence-corrected chi connectivity index (χ4v) is 3.97. The van der Waals surface area contributed by atoms with E-state index >= 15 is 0 Å². The smallest absolute Gasteiger partial charge is 0.250 e. The second kappa shape index (κ2) is 8.49. The summed E-state index contributed by atoms with van der Waals surface area (Å²) in [4.78, 5) is 18.0. The molecular weight excluding hydrogens is 374 g/mol. The summed E-state index contributed by atoms with van der Waals surface area (Å²) in [6, 6.07) is 13.7. The van der Waals surface area contributed by atoms with Gasteiger partial charge in [0, 0.05) is 31.1 Å². The fraction of sp³-hybridized carbons (Fsp3) is 0.368. The van der Waals surface area contributed by atoms with E-state index in [0.717, 1.165) is 42.7 Å². The van der Waals surface area contributed by atoms with Crippen molar-refractivity contribution in [3.63, 3.8) is 0 Å². The maximum absolute atomic E-state index is 12.5. The van der Waals surface area contributed by atoms with Crippen molar-refractivity contribution in [1.29, 1.82) is 0 Å². The summed E-state index contributed by atoms with van der Waals surface area (Å²) in [6.45, 7) is 5.68. The number of aromatic nitrogens is 4. The molecule has 28 heavy (non-hydrogen) atoms. The van der Waals surface area contributed by atoms with Crippen LogP contribution in [0.5, 0.6) is 0 Å². The van der Waals surface area contributed by atoms with Crippen LogP contribution in [-0.2, 0) is 11.3 Å². The van der Waals surface area contributed by atoms with Crippen LogP contribution in [0.2, 0.25) is 0 Å². The summed E-state index contributed by atoms with van der Waals surface area (Å²) in [5.41, 5.74) is 0.936. The van der Waals surface area contributed by atoms with Crippen LogP contribution in [0.25, 0.3) is 5.69 Å². The lowest BCUT2D eigenvalue weighted by molar-refractivity contribution is -0.126. The number of benzene rings is 1. The van der Waals surface area contributed by atoms with Crippen molar-refractivity contribution < 1.29 is 4.79 Å². The van der Waals surface area contributed by atoms with E-state index in [1.54, 1.807) is 16.0 Å². The molecular formula is C19H23N7OS. The van der Waals surface area contributed by atoms with Gasteiger partial charge >= 0.3 is 0 Å². The normalized spacial score (nSPS) is 16.1. The number of nitrogens with one attached hydrogen (secondary N) is 1. The first-order chi connectivity index (χ1) is 13.7. The lowest BCUT2D eigenvalue weighted by atomic mass is 10.2. The Kier molecular flexibility index (Phi) is 5.63. The van der Waals surface area contributed by atoms with Gasteiger partial charge in [-0.2, -0.15) is 4.68 Å². The lowest BCUT2D eigenvalue weighted by Crippen LogP contribution is -2.54. The molecule has 1 aliphatic rings. The lowest BCUT2D eigenvalue weighted by Gasteiger charge is -2.37. The van der Waals surface area contributed by atoms with E-state index < -0.39 is 0 Å². The van der Waals surface area contributed by atoms with E-state index in [2.05, 4.69) is 30.6 Å². The highest BCUT2D eigenvalue weighted by Crippen LogP contribution is 2.18. The van der Waals surface area contributed by atoms with Crippen LogP contribution in [0, 0.1) is 0 Å². The minimum Gasteiger partial charge on any atom is -0.350 e. The number of rotatable bonds is 6. The summed E-state index contributed by atoms with van der Waals surface area (Å²) in [5, 5.41) is 17.2. The first-order valence-electron chi connectivity index (χ1n) is 9.35. The van der Waals surface area contributed by atoms with Crippen molar-refractivity contribution in [3.8, 4) is 5.69 Å². The maximum Gasteiger partial charge on any atom is 0.250 e. The molecule has 1 unspecified atom stereocenters. The average Bonchev–Trinajstić information content (AvgIpc) is 3.44. The van der Waals surface area contributed by atoms with E-state index in [1.165, 1.54) is 0 Å². The molecule has 2 aromatic heterocycles. The molecule has 0 bridgehead atoms. The zero-order valence-electron chi connectivity index (χ0n) is 15.7. The van der Waals surface area contributed by atoms with Crippen LogP contribution >= 0.6 is 11.3 Å². The minimum absolute atomic E-state index is 0.0657. The quantitative estimate of drug-likeness (QED) is 0.680. The molecule has 1 fully saturated rings. The number of nitrogens with zero attached hydrogens (tertiary/aromatic N) is 6. The Morgan fingerprint density at radius 1 is 1.14 bits per heavy atom. The summed E-state index contributed by atoms with van der Waals surface area (Å²) in [5.74, 6) is 0.802. The highest BCUT2D eigenvalue weighted by molar-refractivity contribution is 7.09. The van der Waals surface area contributed by atoms with Crippen LogP contribution in [0.1, 0.15) is 11.8 Å². The van der Waals surface area contributed by atoms with E-state index in [1.807, 2.05) is 54.8 Å². The molecule has 3 heterocycles. The van der Waals surface area contributed by atoms with Crippen molar-refractivity contribution in [2.75, 3.05) is 31.1 Å². The zero-order valence-corrected chi connectivity index (χ0v) is 16.5. The van der Waals surface area contributed by atoms with E-state index in [-0.39, 0.29) is 11.9 Å². The molecule has 0 aliphatic carbocycles. The molecule has 4 rings (SSSR count). The SMILES string of the molecule is CC(C(=O)NCc1cccs1)N1CCN(c2nnnn2-c2ccccc2)CC1. The highest BCUT2D eigenvalue weighted by Gasteiger charge is 2.27. The Bertz CT molecular complexity index is 888. The van der Waals surface area contributed by atoms with Crippen LogP contribution in [0.3, 0.4) is 0 Å². The van der Waals surface area contributed by atoms with Crippen molar-refractivity contribution in [2.45, 2.75) is 19.5 Å². The number of piperazine rings is 1. The van der Waals surface area contributed by atoms with Gasteiger partial charge in [0.15, 0.2) is 0 Å². The van der Waals surface area contributed by atoms with Gasteiger partial charge in [-0.15, -0.1) is 11.3 Å². The average molecular weight is 398 g/mol. The van der Waals surface area contributed by atoms with Crippen molar-refractivity contribution in [3.05, 3.63) is 52.7 Å². The molecule has 1 aromatic carbocycles. The molecule has 9 heteroatoms. The van der Waals surface area contributed by atoms with Gasteiger partial charge < -0.3 is 10.2 Å². The monoisotopic (exact) mass is 397 g/mol. The highest BCUT2D eigenvalue weighted by atomic mass is 32.1. The van der Waals surface area contributed by atoms with E-state index in [9.17, 15) is 4.79 Å². The third-order valence-corrected chi connectivity index (χ3v) is 5.87. The molecule has 0 radical (unpaired) electrons. The van der Waals surface area contributed by atoms with Gasteiger partial charge in [0.05, 0.1) is 18.3 Å². The van der Waals surface area contributed by atoms with E-state index in [0.29, 0.717) is 6.54 Å². The number of anilines is 1. The number of tetrazole rings is 1. The number of thiophene rings is 1. The maximum atomic E-state index is 12.5. The second-order valence-electron chi connectivity index (χ2n) is 6.72. The number of carbonyl (C=O) groups excluding carboxylic acids is 1. The van der Waals surface area contributed by atoms with Crippen molar-refractivity contribution >= 4 is 23.2 Å². The van der Waals surface area contributed by atoms with Gasteiger partial charge in [0.2, 0.25) is 11.9 Å². The Morgan fingerprint density at radius 3 is 2.64 bits per heavy atom. The Hall–Kier alpha value is -2.78. The summed E-state index contributed by atoms with van der Waals surface area (Å²) in [7, 11) is 0. The molecule has 0 saturated carbocycles. The molecule has 1 atom stereocenters. The Labute approximate surface area is 167 Å². The van der Waals surface area contributed by atoms with Gasteiger partial charge in [-0.1, -0.05) is 29.4 Å². The van der Waals surface area contributed by atoms with Crippen molar-refractivity contribution in [2.24, 2.45) is 0 Å². The van der Waals surface area contributed by atoms with Crippen LogP contribution < -0.4 is 10.2 Å². The van der Waals surface area contributed by atoms with Gasteiger partial charge in [-0.25, -0.2) is 0 Å². The number of hydrogen-bond donors (Lipinski definition) is 1. The molecule has 1 N–H and O–H groups in total. The topological polar surface area (TPSA) is 79.2 Å². The number of amides is 1. The predicted molar refractivity (Wildman–Crippen MR) is 109 cm³/mol. The Morgan fingerprint density at radius 2 is 1.93 bits per heavy atom. The molecule has 146 valence electrons. The largest absolute Gasteiger partial charge is 0.350 e. The van der Waals surface area contributed by atoms with Crippen LogP contribution in [-0.4, -0.2) is 63.2 Å². The first-order valence-corrected chi connectivity index (χ1v) is 10.2. The molecule has 1 saturated heterocycles. The third kappa shape index (κ3) is 4.05. The summed E-state index contributed by atoms with van der Waals surface area (Å²) < 4.78 is 1.76. The third-order valence-electron chi connectivity index (χ3n) is 5.00. The molecule has 0 spiro atoms. The molecule has 1 amide bonds. The number of hydrogen-bond acceptors (Lipinski definition) is 7. The molecule has 3 aromatic rings. The van der Waals surface area contributed by atoms with Crippen molar-refractivity contribution in [1.82, 2.24) is 30.4 Å². The van der Waals surface area contributed by atoms with Gasteiger partial charge in [0.25, 0.3) is 0 Å². The first kappa shape index (κ1) is 18.6. The molecule has 1 aliphatic heterocycles. The second-order valence-corrected chi connectivity index (χ2v) is 7.75. The van der Waals surface area contributed by atoms with Crippen LogP contribution in [0.15, 0.2) is 47.8 Å². The standard InChI is InChI=1S/C19H23N7OS/c1-15(18(27)20-14-17-8-5-13-28-17)24-9-11-25(12-10-24)19-21-22-23-26(19)16-6-3-2-4-7-16/h2-8,13,15H,9-12,14H2,1H3,(H,20,27). The summed E-state index contributed by atoms with van der Waals surface area (Å²) in [6.07, 6.45) is 0. The number of para-hydroxylation sites is 1. The van der Waals surface area contributed by atoms with E-state index in [4.69, 9.17) is 0 Å².